The van der Waals surface area contributed by atoms with E-state index in [1.165, 1.54) is 17.6 Å². The molecule has 0 unspecified atom stereocenters. The van der Waals surface area contributed by atoms with Gasteiger partial charge in [0, 0.05) is 12.6 Å². The summed E-state index contributed by atoms with van der Waals surface area (Å²) in [5.74, 6) is 0. The molecule has 0 aliphatic carbocycles. The summed E-state index contributed by atoms with van der Waals surface area (Å²) < 4.78 is 0. The largest absolute Gasteiger partial charge is 0.299 e. The van der Waals surface area contributed by atoms with Gasteiger partial charge in [-0.1, -0.05) is 35.9 Å². The zero-order valence-corrected chi connectivity index (χ0v) is 9.83. The van der Waals surface area contributed by atoms with Crippen molar-refractivity contribution in [2.24, 2.45) is 0 Å². The van der Waals surface area contributed by atoms with Crippen molar-refractivity contribution in [3.05, 3.63) is 41.5 Å². The van der Waals surface area contributed by atoms with Crippen LogP contribution in [0.5, 0.6) is 0 Å². The van der Waals surface area contributed by atoms with Crippen LogP contribution in [0, 0.1) is 0 Å². The maximum Gasteiger partial charge on any atom is 0.0196 e. The Kier molecular flexibility index (Phi) is 2.92. The van der Waals surface area contributed by atoms with Crippen LogP contribution < -0.4 is 0 Å². The Morgan fingerprint density at radius 2 is 1.87 bits per heavy atom. The number of nitrogens with zero attached hydrogens (tertiary/aromatic N) is 1. The SMILES string of the molecule is CC1=C(c2ccccc2)C[C@@H](C)N(C)C1. The first kappa shape index (κ1) is 10.4. The van der Waals surface area contributed by atoms with E-state index in [1.54, 1.807) is 5.57 Å². The minimum atomic E-state index is 0.656. The molecule has 0 fully saturated rings. The molecule has 0 aromatic heterocycles. The van der Waals surface area contributed by atoms with Gasteiger partial charge in [-0.15, -0.1) is 0 Å². The number of likely N-dealkylation sites (N-methyl/N-ethyl adjacent to an activating group) is 1. The summed E-state index contributed by atoms with van der Waals surface area (Å²) in [6.45, 7) is 5.66. The fourth-order valence-corrected chi connectivity index (χ4v) is 2.25. The van der Waals surface area contributed by atoms with Crippen molar-refractivity contribution in [2.45, 2.75) is 26.3 Å². The van der Waals surface area contributed by atoms with Gasteiger partial charge in [0.25, 0.3) is 0 Å². The minimum Gasteiger partial charge on any atom is -0.299 e. The van der Waals surface area contributed by atoms with E-state index in [2.05, 4.69) is 56.1 Å². The second kappa shape index (κ2) is 4.19. The maximum atomic E-state index is 2.42. The van der Waals surface area contributed by atoms with Crippen LogP contribution in [-0.4, -0.2) is 24.5 Å². The van der Waals surface area contributed by atoms with Gasteiger partial charge in [-0.3, -0.25) is 4.90 Å². The Hall–Kier alpha value is -1.08. The molecule has 1 aliphatic rings. The molecular weight excluding hydrogens is 182 g/mol. The average molecular weight is 201 g/mol. The number of hydrogen-bond acceptors (Lipinski definition) is 1. The van der Waals surface area contributed by atoms with Gasteiger partial charge in [0.15, 0.2) is 0 Å². The Bertz CT molecular complexity index is 364. The van der Waals surface area contributed by atoms with E-state index < -0.39 is 0 Å². The van der Waals surface area contributed by atoms with Crippen molar-refractivity contribution in [3.63, 3.8) is 0 Å². The van der Waals surface area contributed by atoms with E-state index in [9.17, 15) is 0 Å². The molecule has 1 atom stereocenters. The van der Waals surface area contributed by atoms with Crippen molar-refractivity contribution < 1.29 is 0 Å². The molecule has 0 N–H and O–H groups in total. The molecule has 2 rings (SSSR count). The van der Waals surface area contributed by atoms with E-state index in [-0.39, 0.29) is 0 Å². The Balaban J connectivity index is 2.33. The molecular formula is C14H19N. The third-order valence-corrected chi connectivity index (χ3v) is 3.38. The Labute approximate surface area is 92.4 Å². The average Bonchev–Trinajstić information content (AvgIpc) is 2.25. The summed E-state index contributed by atoms with van der Waals surface area (Å²) in [6.07, 6.45) is 1.17. The summed E-state index contributed by atoms with van der Waals surface area (Å²) in [4.78, 5) is 2.42. The Morgan fingerprint density at radius 1 is 1.20 bits per heavy atom. The van der Waals surface area contributed by atoms with Crippen LogP contribution in [-0.2, 0) is 0 Å². The maximum absolute atomic E-state index is 2.42. The van der Waals surface area contributed by atoms with E-state index in [0.717, 1.165) is 6.54 Å². The summed E-state index contributed by atoms with van der Waals surface area (Å²) in [5.41, 5.74) is 4.46. The zero-order chi connectivity index (χ0) is 10.8. The second-order valence-electron chi connectivity index (χ2n) is 4.59. The molecule has 1 aliphatic heterocycles. The smallest absolute Gasteiger partial charge is 0.0196 e. The number of benzene rings is 1. The lowest BCUT2D eigenvalue weighted by Gasteiger charge is -2.32. The molecule has 1 aromatic rings. The quantitative estimate of drug-likeness (QED) is 0.674. The van der Waals surface area contributed by atoms with Gasteiger partial charge in [-0.25, -0.2) is 0 Å². The molecule has 0 spiro atoms. The first-order chi connectivity index (χ1) is 7.18. The molecule has 1 heterocycles. The second-order valence-corrected chi connectivity index (χ2v) is 4.59. The van der Waals surface area contributed by atoms with Gasteiger partial charge in [0.05, 0.1) is 0 Å². The molecule has 80 valence electrons. The summed E-state index contributed by atoms with van der Waals surface area (Å²) >= 11 is 0. The molecule has 1 aromatic carbocycles. The van der Waals surface area contributed by atoms with Gasteiger partial charge < -0.3 is 0 Å². The van der Waals surface area contributed by atoms with Crippen LogP contribution in [0.15, 0.2) is 35.9 Å². The van der Waals surface area contributed by atoms with Crippen molar-refractivity contribution in [2.75, 3.05) is 13.6 Å². The van der Waals surface area contributed by atoms with Crippen molar-refractivity contribution in [1.29, 1.82) is 0 Å². The fraction of sp³-hybridized carbons (Fsp3) is 0.429. The van der Waals surface area contributed by atoms with E-state index in [4.69, 9.17) is 0 Å². The lowest BCUT2D eigenvalue weighted by Crippen LogP contribution is -2.34. The van der Waals surface area contributed by atoms with Crippen LogP contribution in [0.2, 0.25) is 0 Å². The van der Waals surface area contributed by atoms with Gasteiger partial charge in [-0.2, -0.15) is 0 Å². The number of rotatable bonds is 1. The van der Waals surface area contributed by atoms with Crippen LogP contribution >= 0.6 is 0 Å². The monoisotopic (exact) mass is 201 g/mol. The number of hydrogen-bond donors (Lipinski definition) is 0. The van der Waals surface area contributed by atoms with Gasteiger partial charge in [0.1, 0.15) is 0 Å². The first-order valence-corrected chi connectivity index (χ1v) is 5.63. The molecule has 0 amide bonds. The highest BCUT2D eigenvalue weighted by Gasteiger charge is 2.20. The summed E-state index contributed by atoms with van der Waals surface area (Å²) in [6, 6.07) is 11.4. The minimum absolute atomic E-state index is 0.656. The van der Waals surface area contributed by atoms with Crippen LogP contribution in [0.25, 0.3) is 5.57 Å². The van der Waals surface area contributed by atoms with Crippen molar-refractivity contribution in [1.82, 2.24) is 4.90 Å². The molecule has 1 nitrogen and oxygen atoms in total. The van der Waals surface area contributed by atoms with Gasteiger partial charge >= 0.3 is 0 Å². The molecule has 0 saturated carbocycles. The topological polar surface area (TPSA) is 3.24 Å². The summed E-state index contributed by atoms with van der Waals surface area (Å²) in [7, 11) is 2.20. The van der Waals surface area contributed by atoms with Crippen molar-refractivity contribution in [3.8, 4) is 0 Å². The lowest BCUT2D eigenvalue weighted by atomic mass is 9.91. The Morgan fingerprint density at radius 3 is 2.53 bits per heavy atom. The molecule has 0 bridgehead atoms. The van der Waals surface area contributed by atoms with Gasteiger partial charge in [0.2, 0.25) is 0 Å². The highest BCUT2D eigenvalue weighted by molar-refractivity contribution is 5.69. The van der Waals surface area contributed by atoms with E-state index in [0.29, 0.717) is 6.04 Å². The summed E-state index contributed by atoms with van der Waals surface area (Å²) in [5, 5.41) is 0. The fourth-order valence-electron chi connectivity index (χ4n) is 2.25. The molecule has 15 heavy (non-hydrogen) atoms. The molecule has 1 heteroatoms. The first-order valence-electron chi connectivity index (χ1n) is 5.63. The predicted octanol–water partition coefficient (Wildman–Crippen LogP) is 3.18. The van der Waals surface area contributed by atoms with E-state index in [1.807, 2.05) is 0 Å². The highest BCUT2D eigenvalue weighted by Crippen LogP contribution is 2.29. The molecule has 0 radical (unpaired) electrons. The standard InChI is InChI=1S/C14H19N/c1-11-10-15(3)12(2)9-14(11)13-7-5-4-6-8-13/h4-8,12H,9-10H2,1-3H3/t12-/m1/s1. The normalized spacial score (nSPS) is 23.3. The lowest BCUT2D eigenvalue weighted by molar-refractivity contribution is 0.271. The third-order valence-electron chi connectivity index (χ3n) is 3.38. The highest BCUT2D eigenvalue weighted by atomic mass is 15.1. The molecule has 0 saturated heterocycles. The van der Waals surface area contributed by atoms with Gasteiger partial charge in [-0.05, 0) is 38.5 Å². The van der Waals surface area contributed by atoms with Crippen LogP contribution in [0.1, 0.15) is 25.8 Å². The van der Waals surface area contributed by atoms with E-state index >= 15 is 0 Å². The third kappa shape index (κ3) is 2.13. The van der Waals surface area contributed by atoms with Crippen LogP contribution in [0.3, 0.4) is 0 Å². The zero-order valence-electron chi connectivity index (χ0n) is 9.83. The van der Waals surface area contributed by atoms with Crippen molar-refractivity contribution >= 4 is 5.57 Å². The predicted molar refractivity (Wildman–Crippen MR) is 65.7 cm³/mol. The van der Waals surface area contributed by atoms with Crippen LogP contribution in [0.4, 0.5) is 0 Å².